The molecule has 1 atom stereocenters. The van der Waals surface area contributed by atoms with E-state index in [1.165, 1.54) is 68.7 Å². The number of hydrogen-bond acceptors (Lipinski definition) is 2. The molecule has 2 aliphatic heterocycles. The van der Waals surface area contributed by atoms with Crippen LogP contribution in [0.15, 0.2) is 0 Å². The predicted octanol–water partition coefficient (Wildman–Crippen LogP) is 6.33. The van der Waals surface area contributed by atoms with Gasteiger partial charge in [0, 0.05) is 8.80 Å². The smallest absolute Gasteiger partial charge is 0.272 e. The first-order valence-corrected chi connectivity index (χ1v) is 15.3. The van der Waals surface area contributed by atoms with Crippen LogP contribution < -0.4 is 0 Å². The Labute approximate surface area is 146 Å². The third-order valence-electron chi connectivity index (χ3n) is 6.48. The molecule has 2 heterocycles. The topological polar surface area (TPSA) is 26.3 Å². The van der Waals surface area contributed by atoms with Crippen LogP contribution >= 0.6 is 0 Å². The molecule has 1 unspecified atom stereocenters. The Kier molecular flexibility index (Phi) is 7.86. The summed E-state index contributed by atoms with van der Waals surface area (Å²) in [6.45, 7) is 6.61. The van der Waals surface area contributed by atoms with Crippen LogP contribution in [0, 0.1) is 0 Å². The molecule has 0 aromatic carbocycles. The van der Waals surface area contributed by atoms with E-state index in [0.717, 1.165) is 18.4 Å². The lowest BCUT2D eigenvalue weighted by Crippen LogP contribution is -2.52. The lowest BCUT2D eigenvalue weighted by Gasteiger charge is -2.42. The maximum Gasteiger partial charge on any atom is 0.272 e. The van der Waals surface area contributed by atoms with Gasteiger partial charge in [0.1, 0.15) is 0 Å². The number of ether oxygens (including phenoxy) is 1. The van der Waals surface area contributed by atoms with Gasteiger partial charge in [-0.3, -0.25) is 4.79 Å². The van der Waals surface area contributed by atoms with Crippen LogP contribution in [0.3, 0.4) is 0 Å². The highest BCUT2D eigenvalue weighted by Crippen LogP contribution is 2.47. The van der Waals surface area contributed by atoms with E-state index < -0.39 is 16.9 Å². The molecule has 0 spiro atoms. The molecule has 2 aliphatic rings. The molecule has 0 bridgehead atoms. The second kappa shape index (κ2) is 9.40. The Balaban J connectivity index is 2.02. The second-order valence-corrected chi connectivity index (χ2v) is 16.2. The third kappa shape index (κ3) is 4.94. The van der Waals surface area contributed by atoms with E-state index in [1.807, 2.05) is 0 Å². The first-order chi connectivity index (χ1) is 11.1. The molecule has 23 heavy (non-hydrogen) atoms. The van der Waals surface area contributed by atoms with E-state index in [-0.39, 0.29) is 6.10 Å². The first kappa shape index (κ1) is 19.2. The highest BCUT2D eigenvalue weighted by molar-refractivity contribution is 7.06. The highest BCUT2D eigenvalue weighted by Gasteiger charge is 2.51. The standard InChI is InChI=1S/C19H38O2Si2/c1-4-9-17(3)21-19(20)23(15-7-6-8-16-23)18-10-13-22(12-5-2)14-11-18/h17-18,22H,4-16H2,1-3H3. The van der Waals surface area contributed by atoms with E-state index in [1.54, 1.807) is 0 Å². The predicted molar refractivity (Wildman–Crippen MR) is 105 cm³/mol. The molecule has 0 aromatic rings. The van der Waals surface area contributed by atoms with E-state index in [4.69, 9.17) is 4.74 Å². The molecule has 2 fully saturated rings. The highest BCUT2D eigenvalue weighted by atomic mass is 28.3. The Morgan fingerprint density at radius 1 is 1.13 bits per heavy atom. The minimum atomic E-state index is -1.87. The van der Waals surface area contributed by atoms with Crippen molar-refractivity contribution in [1.29, 1.82) is 0 Å². The zero-order valence-electron chi connectivity index (χ0n) is 15.7. The van der Waals surface area contributed by atoms with Gasteiger partial charge in [0.05, 0.1) is 6.10 Å². The molecule has 0 amide bonds. The van der Waals surface area contributed by atoms with Crippen LogP contribution in [0.1, 0.15) is 72.1 Å². The maximum atomic E-state index is 13.2. The largest absolute Gasteiger partial charge is 0.467 e. The number of rotatable bonds is 7. The van der Waals surface area contributed by atoms with Gasteiger partial charge in [-0.1, -0.05) is 76.9 Å². The summed E-state index contributed by atoms with van der Waals surface area (Å²) < 4.78 is 6.00. The van der Waals surface area contributed by atoms with E-state index >= 15 is 0 Å². The molecular weight excluding hydrogens is 316 g/mol. The van der Waals surface area contributed by atoms with Crippen LogP contribution in [-0.2, 0) is 4.74 Å². The van der Waals surface area contributed by atoms with Gasteiger partial charge in [-0.2, -0.15) is 0 Å². The van der Waals surface area contributed by atoms with Gasteiger partial charge in [-0.15, -0.1) is 0 Å². The summed E-state index contributed by atoms with van der Waals surface area (Å²) in [6, 6.07) is 7.00. The maximum absolute atomic E-state index is 13.2. The molecular formula is C19H38O2Si2. The molecule has 2 rings (SSSR count). The van der Waals surface area contributed by atoms with Gasteiger partial charge in [-0.25, -0.2) is 0 Å². The molecule has 2 saturated heterocycles. The van der Waals surface area contributed by atoms with Crippen molar-refractivity contribution < 1.29 is 9.53 Å². The minimum Gasteiger partial charge on any atom is -0.467 e. The average molecular weight is 355 g/mol. The van der Waals surface area contributed by atoms with E-state index in [9.17, 15) is 4.79 Å². The Morgan fingerprint density at radius 3 is 2.35 bits per heavy atom. The van der Waals surface area contributed by atoms with Crippen molar-refractivity contribution in [3.63, 3.8) is 0 Å². The molecule has 0 N–H and O–H groups in total. The van der Waals surface area contributed by atoms with Crippen LogP contribution in [0.2, 0.25) is 35.8 Å². The summed E-state index contributed by atoms with van der Waals surface area (Å²) in [5, 5.41) is 0. The number of carbonyl (C=O) groups is 1. The van der Waals surface area contributed by atoms with Gasteiger partial charge in [0.2, 0.25) is 0 Å². The van der Waals surface area contributed by atoms with Crippen molar-refractivity contribution in [3.8, 4) is 0 Å². The minimum absolute atomic E-state index is 0.129. The van der Waals surface area contributed by atoms with Gasteiger partial charge in [0.15, 0.2) is 8.07 Å². The molecule has 0 radical (unpaired) electrons. The second-order valence-electron chi connectivity index (χ2n) is 8.23. The molecule has 0 aromatic heterocycles. The fourth-order valence-electron chi connectivity index (χ4n) is 5.14. The van der Waals surface area contributed by atoms with Crippen LogP contribution in [0.25, 0.3) is 0 Å². The lowest BCUT2D eigenvalue weighted by molar-refractivity contribution is 0.122. The van der Waals surface area contributed by atoms with Crippen LogP contribution in [-0.4, -0.2) is 28.6 Å². The van der Waals surface area contributed by atoms with Crippen molar-refractivity contribution in [2.45, 2.75) is 114 Å². The van der Waals surface area contributed by atoms with Crippen molar-refractivity contribution >= 4 is 22.5 Å². The monoisotopic (exact) mass is 354 g/mol. The zero-order valence-corrected chi connectivity index (χ0v) is 17.9. The fourth-order valence-corrected chi connectivity index (χ4v) is 14.7. The first-order valence-electron chi connectivity index (χ1n) is 10.3. The summed E-state index contributed by atoms with van der Waals surface area (Å²) in [7, 11) is -2.32. The van der Waals surface area contributed by atoms with Gasteiger partial charge in [0.25, 0.3) is 5.59 Å². The summed E-state index contributed by atoms with van der Waals surface area (Å²) in [5.41, 5.74) is 1.06. The Hall–Kier alpha value is -0.0962. The molecule has 134 valence electrons. The van der Waals surface area contributed by atoms with Gasteiger partial charge < -0.3 is 4.74 Å². The normalized spacial score (nSPS) is 29.0. The molecule has 0 aliphatic carbocycles. The molecule has 4 heteroatoms. The van der Waals surface area contributed by atoms with E-state index in [0.29, 0.717) is 5.59 Å². The molecule has 0 saturated carbocycles. The van der Waals surface area contributed by atoms with Gasteiger partial charge in [-0.05, 0) is 31.0 Å². The van der Waals surface area contributed by atoms with Gasteiger partial charge >= 0.3 is 0 Å². The summed E-state index contributed by atoms with van der Waals surface area (Å²) >= 11 is 0. The van der Waals surface area contributed by atoms with Crippen LogP contribution in [0.5, 0.6) is 0 Å². The summed E-state index contributed by atoms with van der Waals surface area (Å²) in [4.78, 5) is 13.2. The third-order valence-corrected chi connectivity index (χ3v) is 15.7. The van der Waals surface area contributed by atoms with Crippen molar-refractivity contribution in [1.82, 2.24) is 0 Å². The Morgan fingerprint density at radius 2 is 1.78 bits per heavy atom. The summed E-state index contributed by atoms with van der Waals surface area (Å²) in [6.07, 6.45) is 10.3. The summed E-state index contributed by atoms with van der Waals surface area (Å²) in [5.74, 6) is 0. The fraction of sp³-hybridized carbons (Fsp3) is 0.947. The SMILES string of the molecule is CCCC(C)OC(=O)[Si]1(C2CC[SiH](CCC)CC2)CCCCC1. The van der Waals surface area contributed by atoms with Crippen molar-refractivity contribution in [2.24, 2.45) is 0 Å². The molecule has 2 nitrogen and oxygen atoms in total. The number of hydrogen-bond donors (Lipinski definition) is 0. The van der Waals surface area contributed by atoms with Crippen molar-refractivity contribution in [3.05, 3.63) is 0 Å². The van der Waals surface area contributed by atoms with E-state index in [2.05, 4.69) is 20.8 Å². The van der Waals surface area contributed by atoms with Crippen molar-refractivity contribution in [2.75, 3.05) is 0 Å². The average Bonchev–Trinajstić information content (AvgIpc) is 2.56. The Bertz CT molecular complexity index is 358. The zero-order chi connectivity index (χ0) is 16.7. The number of carbonyl (C=O) groups excluding carboxylic acids is 1. The van der Waals surface area contributed by atoms with Crippen LogP contribution in [0.4, 0.5) is 4.79 Å². The quantitative estimate of drug-likeness (QED) is 0.499. The lowest BCUT2D eigenvalue weighted by atomic mass is 10.2.